The lowest BCUT2D eigenvalue weighted by atomic mass is 9.78. The number of aliphatic hydroxyl groups excluding tert-OH is 1. The number of rotatable bonds is 5. The van der Waals surface area contributed by atoms with Crippen LogP contribution in [0, 0.1) is 19.8 Å². The zero-order valence-electron chi connectivity index (χ0n) is 19.2. The Balaban J connectivity index is 1.66. The molecule has 4 N–H and O–H groups in total. The predicted molar refractivity (Wildman–Crippen MR) is 124 cm³/mol. The maximum absolute atomic E-state index is 13.5. The lowest BCUT2D eigenvalue weighted by molar-refractivity contribution is -0.130. The third-order valence-electron chi connectivity index (χ3n) is 6.75. The fourth-order valence-electron chi connectivity index (χ4n) is 4.77. The summed E-state index contributed by atoms with van der Waals surface area (Å²) < 4.78 is 4.99. The average molecular weight is 452 g/mol. The summed E-state index contributed by atoms with van der Waals surface area (Å²) in [6.07, 6.45) is -0.448. The summed E-state index contributed by atoms with van der Waals surface area (Å²) in [7, 11) is 0. The van der Waals surface area contributed by atoms with E-state index in [1.54, 1.807) is 38.1 Å². The second-order valence-corrected chi connectivity index (χ2v) is 8.76. The van der Waals surface area contributed by atoms with E-state index in [9.17, 15) is 19.5 Å². The van der Waals surface area contributed by atoms with Crippen LogP contribution < -0.4 is 16.0 Å². The van der Waals surface area contributed by atoms with Gasteiger partial charge in [-0.15, -0.1) is 0 Å². The molecule has 2 heterocycles. The number of hydrogen-bond donors (Lipinski definition) is 4. The van der Waals surface area contributed by atoms with E-state index in [0.717, 1.165) is 22.4 Å². The lowest BCUT2D eigenvalue weighted by Crippen LogP contribution is -2.53. The lowest BCUT2D eigenvalue weighted by Gasteiger charge is -2.29. The topological polar surface area (TPSA) is 117 Å². The van der Waals surface area contributed by atoms with Crippen molar-refractivity contribution >= 4 is 29.2 Å². The SMILES string of the molecule is CCOC(=O)c1ccc(NC(=O)[C@@H]2C[C@H]([C@@H](C)O)N[C@]23C(=O)Nc2c3ccc(C)c2C)cc1. The first kappa shape index (κ1) is 22.9. The molecule has 1 fully saturated rings. The van der Waals surface area contributed by atoms with Crippen LogP contribution in [-0.4, -0.2) is 41.6 Å². The van der Waals surface area contributed by atoms with Crippen molar-refractivity contribution in [2.45, 2.75) is 51.8 Å². The molecule has 2 aromatic rings. The summed E-state index contributed by atoms with van der Waals surface area (Å²) >= 11 is 0. The van der Waals surface area contributed by atoms with Crippen LogP contribution in [0.15, 0.2) is 36.4 Å². The number of ether oxygens (including phenoxy) is 1. The van der Waals surface area contributed by atoms with Crippen LogP contribution in [-0.2, 0) is 19.9 Å². The summed E-state index contributed by atoms with van der Waals surface area (Å²) in [5.41, 5.74) is 3.05. The molecule has 2 aliphatic heterocycles. The van der Waals surface area contributed by atoms with Gasteiger partial charge in [-0.1, -0.05) is 12.1 Å². The number of fused-ring (bicyclic) bond motifs is 2. The molecule has 0 aromatic heterocycles. The van der Waals surface area contributed by atoms with Crippen LogP contribution >= 0.6 is 0 Å². The van der Waals surface area contributed by atoms with Gasteiger partial charge in [0, 0.05) is 23.0 Å². The average Bonchev–Trinajstić information content (AvgIpc) is 3.32. The molecule has 0 aliphatic carbocycles. The largest absolute Gasteiger partial charge is 0.462 e. The fraction of sp³-hybridized carbons (Fsp3) is 0.400. The van der Waals surface area contributed by atoms with Gasteiger partial charge in [-0.3, -0.25) is 14.9 Å². The van der Waals surface area contributed by atoms with Crippen LogP contribution in [0.2, 0.25) is 0 Å². The van der Waals surface area contributed by atoms with Crippen molar-refractivity contribution in [3.05, 3.63) is 58.7 Å². The maximum atomic E-state index is 13.5. The van der Waals surface area contributed by atoms with Gasteiger partial charge in [0.2, 0.25) is 11.8 Å². The third-order valence-corrected chi connectivity index (χ3v) is 6.75. The first-order valence-corrected chi connectivity index (χ1v) is 11.1. The van der Waals surface area contributed by atoms with Crippen LogP contribution in [0.25, 0.3) is 0 Å². The number of carbonyl (C=O) groups is 3. The van der Waals surface area contributed by atoms with Crippen LogP contribution in [0.3, 0.4) is 0 Å². The Hall–Kier alpha value is -3.23. The number of aliphatic hydroxyl groups is 1. The number of hydrogen-bond acceptors (Lipinski definition) is 6. The summed E-state index contributed by atoms with van der Waals surface area (Å²) in [5.74, 6) is -1.81. The molecule has 33 heavy (non-hydrogen) atoms. The summed E-state index contributed by atoms with van der Waals surface area (Å²) in [5, 5.41) is 19.4. The number of esters is 1. The summed E-state index contributed by atoms with van der Waals surface area (Å²) in [6, 6.07) is 9.81. The summed E-state index contributed by atoms with van der Waals surface area (Å²) in [4.78, 5) is 38.7. The van der Waals surface area contributed by atoms with E-state index < -0.39 is 29.6 Å². The molecule has 0 saturated carbocycles. The van der Waals surface area contributed by atoms with Crippen LogP contribution in [0.4, 0.5) is 11.4 Å². The molecule has 1 saturated heterocycles. The highest BCUT2D eigenvalue weighted by atomic mass is 16.5. The molecule has 2 amide bonds. The second-order valence-electron chi connectivity index (χ2n) is 8.76. The van der Waals surface area contributed by atoms with E-state index in [-0.39, 0.29) is 18.4 Å². The standard InChI is InChI=1S/C25H29N3O5/c1-5-33-23(31)16-7-9-17(10-8-16)26-22(30)19-12-20(15(4)29)28-25(19)18-11-6-13(2)14(3)21(18)27-24(25)32/h6-11,15,19-20,28-29H,5,12H2,1-4H3,(H,26,30)(H,27,32)/t15-,19+,20-,25+/m1/s1. The van der Waals surface area contributed by atoms with Gasteiger partial charge in [-0.25, -0.2) is 4.79 Å². The molecule has 1 spiro atoms. The Kier molecular flexibility index (Phi) is 5.99. The van der Waals surface area contributed by atoms with Crippen molar-refractivity contribution in [1.82, 2.24) is 5.32 Å². The van der Waals surface area contributed by atoms with E-state index >= 15 is 0 Å². The molecule has 0 unspecified atom stereocenters. The highest BCUT2D eigenvalue weighted by Crippen LogP contribution is 2.49. The molecule has 0 radical (unpaired) electrons. The number of carbonyl (C=O) groups excluding carboxylic acids is 3. The molecule has 174 valence electrons. The molecule has 8 nitrogen and oxygen atoms in total. The molecular formula is C25H29N3O5. The minimum absolute atomic E-state index is 0.279. The molecule has 4 atom stereocenters. The van der Waals surface area contributed by atoms with Gasteiger partial charge >= 0.3 is 5.97 Å². The Morgan fingerprint density at radius 3 is 2.55 bits per heavy atom. The Bertz CT molecular complexity index is 1110. The van der Waals surface area contributed by atoms with Gasteiger partial charge < -0.3 is 20.5 Å². The molecule has 2 aromatic carbocycles. The van der Waals surface area contributed by atoms with Crippen LogP contribution in [0.1, 0.15) is 47.3 Å². The monoisotopic (exact) mass is 451 g/mol. The molecular weight excluding hydrogens is 422 g/mol. The van der Waals surface area contributed by atoms with Crippen molar-refractivity contribution in [3.63, 3.8) is 0 Å². The van der Waals surface area contributed by atoms with E-state index in [2.05, 4.69) is 16.0 Å². The zero-order valence-corrected chi connectivity index (χ0v) is 19.2. The summed E-state index contributed by atoms with van der Waals surface area (Å²) in [6.45, 7) is 7.57. The highest BCUT2D eigenvalue weighted by molar-refractivity contribution is 6.11. The molecule has 4 rings (SSSR count). The zero-order chi connectivity index (χ0) is 23.9. The minimum atomic E-state index is -1.27. The number of anilines is 2. The van der Waals surface area contributed by atoms with Gasteiger partial charge in [0.1, 0.15) is 5.54 Å². The normalized spacial score (nSPS) is 24.3. The van der Waals surface area contributed by atoms with Gasteiger partial charge in [0.25, 0.3) is 0 Å². The van der Waals surface area contributed by atoms with Gasteiger partial charge in [0.05, 0.1) is 24.2 Å². The van der Waals surface area contributed by atoms with E-state index in [1.165, 1.54) is 0 Å². The third kappa shape index (κ3) is 3.79. The van der Waals surface area contributed by atoms with Crippen molar-refractivity contribution in [3.8, 4) is 0 Å². The van der Waals surface area contributed by atoms with Gasteiger partial charge in [-0.2, -0.15) is 0 Å². The first-order valence-electron chi connectivity index (χ1n) is 11.1. The van der Waals surface area contributed by atoms with Crippen molar-refractivity contribution in [2.24, 2.45) is 5.92 Å². The molecule has 8 heteroatoms. The Morgan fingerprint density at radius 1 is 1.21 bits per heavy atom. The second kappa shape index (κ2) is 8.61. The maximum Gasteiger partial charge on any atom is 0.338 e. The van der Waals surface area contributed by atoms with Gasteiger partial charge in [0.15, 0.2) is 0 Å². The smallest absolute Gasteiger partial charge is 0.338 e. The number of nitrogens with one attached hydrogen (secondary N) is 3. The van der Waals surface area contributed by atoms with E-state index in [4.69, 9.17) is 4.74 Å². The molecule has 2 aliphatic rings. The number of amides is 2. The van der Waals surface area contributed by atoms with E-state index in [0.29, 0.717) is 17.7 Å². The highest BCUT2D eigenvalue weighted by Gasteiger charge is 2.61. The minimum Gasteiger partial charge on any atom is -0.462 e. The van der Waals surface area contributed by atoms with Crippen LogP contribution in [0.5, 0.6) is 0 Å². The number of benzene rings is 2. The predicted octanol–water partition coefficient (Wildman–Crippen LogP) is 2.63. The first-order chi connectivity index (χ1) is 15.7. The fourth-order valence-corrected chi connectivity index (χ4v) is 4.77. The van der Waals surface area contributed by atoms with Crippen molar-refractivity contribution in [2.75, 3.05) is 17.2 Å². The quantitative estimate of drug-likeness (QED) is 0.520. The van der Waals surface area contributed by atoms with E-state index in [1.807, 2.05) is 26.0 Å². The van der Waals surface area contributed by atoms with Crippen molar-refractivity contribution < 1.29 is 24.2 Å². The molecule has 0 bridgehead atoms. The Labute approximate surface area is 192 Å². The Morgan fingerprint density at radius 2 is 1.91 bits per heavy atom. The number of aryl methyl sites for hydroxylation is 1. The van der Waals surface area contributed by atoms with Crippen molar-refractivity contribution in [1.29, 1.82) is 0 Å². The van der Waals surface area contributed by atoms with Gasteiger partial charge in [-0.05, 0) is 69.5 Å².